The number of aromatic nitrogens is 3. The summed E-state index contributed by atoms with van der Waals surface area (Å²) in [5.41, 5.74) is 0.929. The summed E-state index contributed by atoms with van der Waals surface area (Å²) in [4.78, 5) is 0. The molecule has 0 atom stereocenters. The second-order valence-corrected chi connectivity index (χ2v) is 5.98. The number of unbranched alkanes of at least 4 members (excludes halogenated alkanes) is 1. The van der Waals surface area contributed by atoms with Crippen LogP contribution in [0.25, 0.3) is 0 Å². The minimum atomic E-state index is 0.499. The van der Waals surface area contributed by atoms with Gasteiger partial charge in [-0.1, -0.05) is 43.7 Å². The summed E-state index contributed by atoms with van der Waals surface area (Å²) in [6.07, 6.45) is 4.76. The average molecular weight is 352 g/mol. The lowest BCUT2D eigenvalue weighted by molar-refractivity contribution is 0.482. The highest BCUT2D eigenvalue weighted by Gasteiger charge is 2.04. The van der Waals surface area contributed by atoms with Gasteiger partial charge in [-0.05, 0) is 48.5 Å². The summed E-state index contributed by atoms with van der Waals surface area (Å²) in [6, 6.07) is 17.4. The van der Waals surface area contributed by atoms with Gasteiger partial charge in [0.1, 0.15) is 11.5 Å². The number of aryl methyl sites for hydroxylation is 1. The molecular weight excluding hydrogens is 332 g/mol. The first-order valence-corrected chi connectivity index (χ1v) is 8.70. The Kier molecular flexibility index (Phi) is 5.74. The molecule has 2 aromatic carbocycles. The van der Waals surface area contributed by atoms with Crippen LogP contribution < -0.4 is 4.74 Å². The van der Waals surface area contributed by atoms with Gasteiger partial charge in [0.2, 0.25) is 4.77 Å². The maximum Gasteiger partial charge on any atom is 0.216 e. The van der Waals surface area contributed by atoms with Gasteiger partial charge in [0, 0.05) is 6.42 Å². The second-order valence-electron chi connectivity index (χ2n) is 5.59. The molecule has 1 aromatic heterocycles. The van der Waals surface area contributed by atoms with Crippen molar-refractivity contribution in [2.75, 3.05) is 0 Å². The molecule has 0 aliphatic carbocycles. The number of aromatic amines is 1. The second kappa shape index (κ2) is 8.39. The lowest BCUT2D eigenvalue weighted by Gasteiger charge is -2.06. The first-order chi connectivity index (χ1) is 12.3. The average Bonchev–Trinajstić information content (AvgIpc) is 2.99. The van der Waals surface area contributed by atoms with E-state index in [1.165, 1.54) is 0 Å². The summed E-state index contributed by atoms with van der Waals surface area (Å²) in [7, 11) is 0. The van der Waals surface area contributed by atoms with E-state index in [1.807, 2.05) is 54.6 Å². The third-order valence-electron chi connectivity index (χ3n) is 3.63. The highest BCUT2D eigenvalue weighted by atomic mass is 32.1. The van der Waals surface area contributed by atoms with Gasteiger partial charge in [0.15, 0.2) is 5.82 Å². The van der Waals surface area contributed by atoms with Crippen LogP contribution >= 0.6 is 12.2 Å². The molecule has 5 nitrogen and oxygen atoms in total. The minimum absolute atomic E-state index is 0.499. The first kappa shape index (κ1) is 17.1. The van der Waals surface area contributed by atoms with Crippen molar-refractivity contribution in [3.05, 3.63) is 70.8 Å². The molecule has 1 N–H and O–H groups in total. The third kappa shape index (κ3) is 4.64. The summed E-state index contributed by atoms with van der Waals surface area (Å²) >= 11 is 5.26. The first-order valence-electron chi connectivity index (χ1n) is 8.30. The molecule has 0 unspecified atom stereocenters. The number of ether oxygens (including phenoxy) is 1. The predicted octanol–water partition coefficient (Wildman–Crippen LogP) is 4.96. The van der Waals surface area contributed by atoms with Crippen molar-refractivity contribution in [3.8, 4) is 11.5 Å². The number of benzene rings is 2. The largest absolute Gasteiger partial charge is 0.457 e. The number of hydrogen-bond acceptors (Lipinski definition) is 4. The third-order valence-corrected chi connectivity index (χ3v) is 3.89. The zero-order valence-electron chi connectivity index (χ0n) is 14.1. The molecule has 0 spiro atoms. The summed E-state index contributed by atoms with van der Waals surface area (Å²) < 4.78 is 8.02. The zero-order valence-corrected chi connectivity index (χ0v) is 14.9. The van der Waals surface area contributed by atoms with Crippen molar-refractivity contribution >= 4 is 18.4 Å². The maximum absolute atomic E-state index is 5.85. The Hall–Kier alpha value is -2.73. The highest BCUT2D eigenvalue weighted by Crippen LogP contribution is 2.21. The molecule has 0 amide bonds. The number of H-pyrrole nitrogens is 1. The molecular formula is C19H20N4OS. The number of rotatable bonds is 7. The smallest absolute Gasteiger partial charge is 0.216 e. The van der Waals surface area contributed by atoms with Crippen LogP contribution in [0.15, 0.2) is 59.7 Å². The van der Waals surface area contributed by atoms with Gasteiger partial charge >= 0.3 is 0 Å². The van der Waals surface area contributed by atoms with E-state index in [4.69, 9.17) is 17.0 Å². The number of nitrogens with zero attached hydrogens (tertiary/aromatic N) is 3. The van der Waals surface area contributed by atoms with Crippen molar-refractivity contribution in [2.24, 2.45) is 5.10 Å². The number of para-hydroxylation sites is 1. The fourth-order valence-corrected chi connectivity index (χ4v) is 2.55. The van der Waals surface area contributed by atoms with E-state index in [2.05, 4.69) is 22.2 Å². The fraction of sp³-hybridized carbons (Fsp3) is 0.211. The minimum Gasteiger partial charge on any atom is -0.457 e. The standard InChI is InChI=1S/C19H20N4OS/c1-2-3-12-18-21-22-19(25)23(18)20-14-15-8-7-11-17(13-15)24-16-9-5-4-6-10-16/h4-11,13-14H,2-3,12H2,1H3,(H,22,25). The summed E-state index contributed by atoms with van der Waals surface area (Å²) in [6.45, 7) is 2.15. The van der Waals surface area contributed by atoms with Gasteiger partial charge < -0.3 is 4.74 Å². The molecule has 0 saturated carbocycles. The van der Waals surface area contributed by atoms with Crippen molar-refractivity contribution < 1.29 is 4.74 Å². The molecule has 0 radical (unpaired) electrons. The van der Waals surface area contributed by atoms with Gasteiger partial charge in [-0.2, -0.15) is 14.9 Å². The molecule has 0 saturated heterocycles. The van der Waals surface area contributed by atoms with Crippen LogP contribution in [0.1, 0.15) is 31.2 Å². The monoisotopic (exact) mass is 352 g/mol. The quantitative estimate of drug-likeness (QED) is 0.483. The Bertz CT molecular complexity index is 899. The van der Waals surface area contributed by atoms with Crippen LogP contribution in [0.3, 0.4) is 0 Å². The van der Waals surface area contributed by atoms with E-state index < -0.39 is 0 Å². The van der Waals surface area contributed by atoms with Crippen LogP contribution in [0.4, 0.5) is 0 Å². The van der Waals surface area contributed by atoms with Crippen molar-refractivity contribution in [3.63, 3.8) is 0 Å². The molecule has 0 aliphatic rings. The van der Waals surface area contributed by atoms with Gasteiger partial charge in [-0.15, -0.1) is 0 Å². The molecule has 3 rings (SSSR count). The van der Waals surface area contributed by atoms with E-state index in [1.54, 1.807) is 10.9 Å². The molecule has 1 heterocycles. The Morgan fingerprint density at radius 3 is 2.76 bits per heavy atom. The van der Waals surface area contributed by atoms with Crippen LogP contribution in [-0.2, 0) is 6.42 Å². The Balaban J connectivity index is 1.77. The van der Waals surface area contributed by atoms with E-state index in [0.29, 0.717) is 4.77 Å². The van der Waals surface area contributed by atoms with Crippen molar-refractivity contribution in [1.82, 2.24) is 14.9 Å². The van der Waals surface area contributed by atoms with Crippen LogP contribution in [0.2, 0.25) is 0 Å². The summed E-state index contributed by atoms with van der Waals surface area (Å²) in [5.74, 6) is 2.41. The van der Waals surface area contributed by atoms with Gasteiger partial charge in [0.05, 0.1) is 6.21 Å². The molecule has 0 fully saturated rings. The van der Waals surface area contributed by atoms with Gasteiger partial charge in [-0.25, -0.2) is 0 Å². The van der Waals surface area contributed by atoms with E-state index in [-0.39, 0.29) is 0 Å². The van der Waals surface area contributed by atoms with Crippen LogP contribution in [0, 0.1) is 4.77 Å². The number of hydrogen-bond donors (Lipinski definition) is 1. The molecule has 128 valence electrons. The number of nitrogens with one attached hydrogen (secondary N) is 1. The van der Waals surface area contributed by atoms with E-state index in [9.17, 15) is 0 Å². The molecule has 3 aromatic rings. The SMILES string of the molecule is CCCCc1n[nH]c(=S)n1N=Cc1cccc(Oc2ccccc2)c1. The summed E-state index contributed by atoms with van der Waals surface area (Å²) in [5, 5.41) is 11.5. The molecule has 0 aliphatic heterocycles. The fourth-order valence-electron chi connectivity index (χ4n) is 2.35. The highest BCUT2D eigenvalue weighted by molar-refractivity contribution is 7.71. The van der Waals surface area contributed by atoms with Crippen LogP contribution in [-0.4, -0.2) is 21.1 Å². The van der Waals surface area contributed by atoms with Crippen molar-refractivity contribution in [2.45, 2.75) is 26.2 Å². The van der Waals surface area contributed by atoms with Crippen molar-refractivity contribution in [1.29, 1.82) is 0 Å². The zero-order chi connectivity index (χ0) is 17.5. The lowest BCUT2D eigenvalue weighted by Crippen LogP contribution is -1.99. The van der Waals surface area contributed by atoms with Crippen LogP contribution in [0.5, 0.6) is 11.5 Å². The predicted molar refractivity (Wildman–Crippen MR) is 102 cm³/mol. The maximum atomic E-state index is 5.85. The van der Waals surface area contributed by atoms with Gasteiger partial charge in [-0.3, -0.25) is 5.10 Å². The normalized spacial score (nSPS) is 11.1. The lowest BCUT2D eigenvalue weighted by atomic mass is 10.2. The Morgan fingerprint density at radius 1 is 1.16 bits per heavy atom. The Labute approximate surface area is 152 Å². The molecule has 25 heavy (non-hydrogen) atoms. The molecule has 0 bridgehead atoms. The van der Waals surface area contributed by atoms with E-state index >= 15 is 0 Å². The van der Waals surface area contributed by atoms with E-state index in [0.717, 1.165) is 42.1 Å². The van der Waals surface area contributed by atoms with Gasteiger partial charge in [0.25, 0.3) is 0 Å². The molecule has 6 heteroatoms. The Morgan fingerprint density at radius 2 is 1.96 bits per heavy atom. The topological polar surface area (TPSA) is 55.2 Å².